The quantitative estimate of drug-likeness (QED) is 0.909. The van der Waals surface area contributed by atoms with Crippen molar-refractivity contribution in [2.24, 2.45) is 5.92 Å². The van der Waals surface area contributed by atoms with Gasteiger partial charge in [-0.1, -0.05) is 25.4 Å². The van der Waals surface area contributed by atoms with Crippen LogP contribution in [0.1, 0.15) is 32.7 Å². The fraction of sp³-hybridized carbons (Fsp3) is 0.462. The lowest BCUT2D eigenvalue weighted by Crippen LogP contribution is -2.10. The Morgan fingerprint density at radius 1 is 1.35 bits per heavy atom. The highest BCUT2D eigenvalue weighted by molar-refractivity contribution is 6.31. The monoisotopic (exact) mass is 252 g/mol. The van der Waals surface area contributed by atoms with Crippen molar-refractivity contribution in [3.8, 4) is 0 Å². The van der Waals surface area contributed by atoms with Crippen LogP contribution in [0.4, 0.5) is 0 Å². The first-order valence-corrected chi connectivity index (χ1v) is 6.20. The second-order valence-corrected chi connectivity index (χ2v) is 5.22. The van der Waals surface area contributed by atoms with Crippen LogP contribution in [0.15, 0.2) is 18.2 Å². The predicted octanol–water partition coefficient (Wildman–Crippen LogP) is 3.40. The van der Waals surface area contributed by atoms with Gasteiger partial charge in [0.25, 0.3) is 0 Å². The molecule has 4 heteroatoms. The summed E-state index contributed by atoms with van der Waals surface area (Å²) in [5.74, 6) is 1.21. The Morgan fingerprint density at radius 3 is 2.65 bits per heavy atom. The summed E-state index contributed by atoms with van der Waals surface area (Å²) < 4.78 is 2.07. The highest BCUT2D eigenvalue weighted by Crippen LogP contribution is 2.24. The van der Waals surface area contributed by atoms with E-state index in [4.69, 9.17) is 11.6 Å². The van der Waals surface area contributed by atoms with Gasteiger partial charge in [-0.2, -0.15) is 0 Å². The highest BCUT2D eigenvalue weighted by Gasteiger charge is 2.15. The molecule has 0 bridgehead atoms. The molecule has 1 atom stereocenters. The lowest BCUT2D eigenvalue weighted by Gasteiger charge is -2.13. The molecule has 0 saturated carbocycles. The molecule has 92 valence electrons. The van der Waals surface area contributed by atoms with Gasteiger partial charge >= 0.3 is 0 Å². The van der Waals surface area contributed by atoms with Crippen molar-refractivity contribution >= 4 is 22.6 Å². The molecule has 0 spiro atoms. The number of nitrogens with zero attached hydrogens (tertiary/aromatic N) is 2. The lowest BCUT2D eigenvalue weighted by atomic mass is 10.2. The maximum atomic E-state index is 9.77. The maximum absolute atomic E-state index is 9.77. The van der Waals surface area contributed by atoms with Gasteiger partial charge in [-0.15, -0.1) is 0 Å². The summed E-state index contributed by atoms with van der Waals surface area (Å²) in [5, 5.41) is 10.4. The molecule has 1 aromatic carbocycles. The van der Waals surface area contributed by atoms with Crippen LogP contribution in [0.5, 0.6) is 0 Å². The number of aliphatic hydroxyl groups excluding tert-OH is 1. The van der Waals surface area contributed by atoms with Gasteiger partial charge in [0.1, 0.15) is 11.9 Å². The molecule has 1 aromatic heterocycles. The van der Waals surface area contributed by atoms with Crippen LogP contribution >= 0.6 is 11.6 Å². The molecule has 2 aromatic rings. The summed E-state index contributed by atoms with van der Waals surface area (Å²) in [6.07, 6.45) is -0.570. The Hall–Kier alpha value is -1.06. The number of fused-ring (bicyclic) bond motifs is 1. The minimum atomic E-state index is -0.570. The zero-order chi connectivity index (χ0) is 12.6. The summed E-state index contributed by atoms with van der Waals surface area (Å²) in [4.78, 5) is 4.45. The molecule has 0 unspecified atom stereocenters. The summed E-state index contributed by atoms with van der Waals surface area (Å²) in [6, 6.07) is 5.65. The fourth-order valence-corrected chi connectivity index (χ4v) is 2.16. The SMILES string of the molecule is CC(C)Cn1c([C@H](C)O)nc2cc(Cl)ccc21. The summed E-state index contributed by atoms with van der Waals surface area (Å²) in [7, 11) is 0. The van der Waals surface area contributed by atoms with Crippen molar-refractivity contribution in [2.75, 3.05) is 0 Å². The highest BCUT2D eigenvalue weighted by atomic mass is 35.5. The normalized spacial score (nSPS) is 13.5. The molecule has 17 heavy (non-hydrogen) atoms. The molecule has 0 fully saturated rings. The first-order valence-electron chi connectivity index (χ1n) is 5.82. The van der Waals surface area contributed by atoms with E-state index < -0.39 is 6.10 Å². The van der Waals surface area contributed by atoms with Gasteiger partial charge in [0.2, 0.25) is 0 Å². The van der Waals surface area contributed by atoms with Crippen molar-refractivity contribution in [3.63, 3.8) is 0 Å². The molecule has 3 nitrogen and oxygen atoms in total. The van der Waals surface area contributed by atoms with Gasteiger partial charge in [-0.3, -0.25) is 0 Å². The Balaban J connectivity index is 2.62. The van der Waals surface area contributed by atoms with Crippen LogP contribution in [-0.4, -0.2) is 14.7 Å². The van der Waals surface area contributed by atoms with E-state index in [-0.39, 0.29) is 0 Å². The number of hydrogen-bond donors (Lipinski definition) is 1. The lowest BCUT2D eigenvalue weighted by molar-refractivity contribution is 0.183. The Kier molecular flexibility index (Phi) is 3.40. The number of hydrogen-bond acceptors (Lipinski definition) is 2. The summed E-state index contributed by atoms with van der Waals surface area (Å²) in [5.41, 5.74) is 1.87. The van der Waals surface area contributed by atoms with Crippen LogP contribution in [0.25, 0.3) is 11.0 Å². The Bertz CT molecular complexity index is 531. The largest absolute Gasteiger partial charge is 0.385 e. The third-order valence-corrected chi connectivity index (χ3v) is 2.90. The van der Waals surface area contributed by atoms with Gasteiger partial charge in [0, 0.05) is 11.6 Å². The zero-order valence-electron chi connectivity index (χ0n) is 10.3. The average Bonchev–Trinajstić information content (AvgIpc) is 2.55. The molecule has 1 heterocycles. The Labute approximate surface area is 106 Å². The van der Waals surface area contributed by atoms with Gasteiger partial charge in [-0.05, 0) is 31.0 Å². The first-order chi connectivity index (χ1) is 7.99. The molecule has 0 saturated heterocycles. The second-order valence-electron chi connectivity index (χ2n) is 4.78. The first kappa shape index (κ1) is 12.4. The van der Waals surface area contributed by atoms with Gasteiger partial charge in [0.05, 0.1) is 11.0 Å². The van der Waals surface area contributed by atoms with E-state index in [9.17, 15) is 5.11 Å². The van der Waals surface area contributed by atoms with Crippen molar-refractivity contribution in [2.45, 2.75) is 33.4 Å². The van der Waals surface area contributed by atoms with Crippen molar-refractivity contribution in [1.82, 2.24) is 9.55 Å². The fourth-order valence-electron chi connectivity index (χ4n) is 2.00. The van der Waals surface area contributed by atoms with E-state index in [1.165, 1.54) is 0 Å². The second kappa shape index (κ2) is 4.67. The number of aliphatic hydroxyl groups is 1. The third-order valence-electron chi connectivity index (χ3n) is 2.66. The predicted molar refractivity (Wildman–Crippen MR) is 70.2 cm³/mol. The Morgan fingerprint density at radius 2 is 2.06 bits per heavy atom. The molecule has 0 radical (unpaired) electrons. The molecule has 1 N–H and O–H groups in total. The van der Waals surface area contributed by atoms with Crippen LogP contribution < -0.4 is 0 Å². The van der Waals surface area contributed by atoms with Crippen molar-refractivity contribution in [1.29, 1.82) is 0 Å². The van der Waals surface area contributed by atoms with Crippen molar-refractivity contribution < 1.29 is 5.11 Å². The van der Waals surface area contributed by atoms with E-state index in [0.717, 1.165) is 17.6 Å². The van der Waals surface area contributed by atoms with E-state index in [1.807, 2.05) is 18.2 Å². The van der Waals surface area contributed by atoms with E-state index in [0.29, 0.717) is 16.8 Å². The van der Waals surface area contributed by atoms with Gasteiger partial charge < -0.3 is 9.67 Å². The topological polar surface area (TPSA) is 38.0 Å². The molecule has 2 rings (SSSR count). The van der Waals surface area contributed by atoms with Gasteiger partial charge in [0.15, 0.2) is 0 Å². The molecule has 0 aliphatic carbocycles. The van der Waals surface area contributed by atoms with Crippen LogP contribution in [-0.2, 0) is 6.54 Å². The minimum absolute atomic E-state index is 0.501. The van der Waals surface area contributed by atoms with Crippen LogP contribution in [0.2, 0.25) is 5.02 Å². The number of rotatable bonds is 3. The molecular weight excluding hydrogens is 236 g/mol. The number of aromatic nitrogens is 2. The average molecular weight is 253 g/mol. The molecule has 0 amide bonds. The summed E-state index contributed by atoms with van der Waals surface area (Å²) >= 11 is 5.95. The van der Waals surface area contributed by atoms with E-state index >= 15 is 0 Å². The number of imidazole rings is 1. The van der Waals surface area contributed by atoms with Gasteiger partial charge in [-0.25, -0.2) is 4.98 Å². The molecule has 0 aliphatic heterocycles. The number of benzene rings is 1. The standard InChI is InChI=1S/C13H17ClN2O/c1-8(2)7-16-12-5-4-10(14)6-11(12)15-13(16)9(3)17/h4-6,8-9,17H,7H2,1-3H3/t9-/m0/s1. The van der Waals surface area contributed by atoms with E-state index in [1.54, 1.807) is 6.92 Å². The minimum Gasteiger partial charge on any atom is -0.385 e. The van der Waals surface area contributed by atoms with Crippen LogP contribution in [0, 0.1) is 5.92 Å². The molecule has 0 aliphatic rings. The third kappa shape index (κ3) is 2.45. The molecular formula is C13H17ClN2O. The van der Waals surface area contributed by atoms with Crippen LogP contribution in [0.3, 0.4) is 0 Å². The number of halogens is 1. The maximum Gasteiger partial charge on any atom is 0.138 e. The van der Waals surface area contributed by atoms with Crippen molar-refractivity contribution in [3.05, 3.63) is 29.0 Å². The van der Waals surface area contributed by atoms with E-state index in [2.05, 4.69) is 23.4 Å². The smallest absolute Gasteiger partial charge is 0.138 e. The zero-order valence-corrected chi connectivity index (χ0v) is 11.1. The summed E-state index contributed by atoms with van der Waals surface area (Å²) in [6.45, 7) is 6.87.